The second-order valence-corrected chi connectivity index (χ2v) is 8.99. The monoisotopic (exact) mass is 340 g/mol. The van der Waals surface area contributed by atoms with E-state index in [2.05, 4.69) is 12.2 Å². The van der Waals surface area contributed by atoms with Crippen LogP contribution in [0, 0.1) is 5.82 Å². The van der Waals surface area contributed by atoms with Crippen LogP contribution in [0.4, 0.5) is 4.39 Å². The van der Waals surface area contributed by atoms with E-state index in [1.54, 1.807) is 4.31 Å². The summed E-state index contributed by atoms with van der Waals surface area (Å²) in [7, 11) is -3.02. The summed E-state index contributed by atoms with van der Waals surface area (Å²) in [6, 6.07) is 7.00. The van der Waals surface area contributed by atoms with Gasteiger partial charge in [-0.05, 0) is 49.3 Å². The lowest BCUT2D eigenvalue weighted by Gasteiger charge is -2.32. The van der Waals surface area contributed by atoms with Crippen molar-refractivity contribution in [3.05, 3.63) is 35.6 Å². The second kappa shape index (κ2) is 6.87. The van der Waals surface area contributed by atoms with Crippen LogP contribution >= 0.6 is 0 Å². The van der Waals surface area contributed by atoms with E-state index in [9.17, 15) is 12.8 Å². The minimum Gasteiger partial charge on any atom is -0.313 e. The van der Waals surface area contributed by atoms with Gasteiger partial charge in [-0.2, -0.15) is 0 Å². The Morgan fingerprint density at radius 3 is 2.35 bits per heavy atom. The molecule has 1 aliphatic heterocycles. The number of hydrogen-bond donors (Lipinski definition) is 1. The predicted octanol–water partition coefficient (Wildman–Crippen LogP) is 2.48. The average Bonchev–Trinajstić information content (AvgIpc) is 3.39. The highest BCUT2D eigenvalue weighted by Gasteiger charge is 2.41. The molecule has 1 aromatic carbocycles. The Balaban J connectivity index is 1.44. The third kappa shape index (κ3) is 4.11. The summed E-state index contributed by atoms with van der Waals surface area (Å²) < 4.78 is 39.0. The molecule has 1 aliphatic carbocycles. The van der Waals surface area contributed by atoms with Crippen LogP contribution in [0.25, 0.3) is 0 Å². The third-order valence-corrected chi connectivity index (χ3v) is 7.31. The van der Waals surface area contributed by atoms with E-state index >= 15 is 0 Å². The van der Waals surface area contributed by atoms with Crippen LogP contribution in [-0.4, -0.2) is 43.6 Å². The smallest absolute Gasteiger partial charge is 0.216 e. The van der Waals surface area contributed by atoms with Crippen LogP contribution in [0.2, 0.25) is 0 Å². The molecule has 0 amide bonds. The molecule has 2 aliphatic rings. The van der Waals surface area contributed by atoms with Gasteiger partial charge in [0.25, 0.3) is 0 Å². The van der Waals surface area contributed by atoms with Gasteiger partial charge < -0.3 is 5.32 Å². The fraction of sp³-hybridized carbons (Fsp3) is 0.647. The second-order valence-electron chi connectivity index (χ2n) is 6.78. The molecule has 1 saturated heterocycles. The molecule has 128 valence electrons. The summed E-state index contributed by atoms with van der Waals surface area (Å²) in [5, 5.41) is 3.43. The number of nitrogens with zero attached hydrogens (tertiary/aromatic N) is 1. The zero-order valence-corrected chi connectivity index (χ0v) is 14.4. The van der Waals surface area contributed by atoms with Crippen molar-refractivity contribution >= 4 is 10.0 Å². The van der Waals surface area contributed by atoms with Crippen molar-refractivity contribution in [1.82, 2.24) is 9.62 Å². The zero-order chi connectivity index (χ0) is 16.4. The van der Waals surface area contributed by atoms with Crippen LogP contribution in [0.5, 0.6) is 0 Å². The molecule has 0 spiro atoms. The Morgan fingerprint density at radius 2 is 1.78 bits per heavy atom. The summed E-state index contributed by atoms with van der Waals surface area (Å²) in [5.41, 5.74) is 1.12. The minimum atomic E-state index is -3.02. The Morgan fingerprint density at radius 1 is 1.17 bits per heavy atom. The van der Waals surface area contributed by atoms with Crippen LogP contribution in [-0.2, 0) is 10.0 Å². The largest absolute Gasteiger partial charge is 0.313 e. The molecule has 1 N–H and O–H groups in total. The highest BCUT2D eigenvalue weighted by atomic mass is 32.2. The molecular weight excluding hydrogens is 315 g/mol. The standard InChI is InChI=1S/C17H25FN2O2S/c1-13(14-2-4-15(18)5-3-14)12-19-16-8-10-20(11-9-16)23(21,22)17-6-7-17/h2-5,13,16-17,19H,6-12H2,1H3. The SMILES string of the molecule is CC(CNC1CCN(S(=O)(=O)C2CC2)CC1)c1ccc(F)cc1. The highest BCUT2D eigenvalue weighted by Crippen LogP contribution is 2.32. The molecular formula is C17H25FN2O2S. The topological polar surface area (TPSA) is 49.4 Å². The molecule has 4 nitrogen and oxygen atoms in total. The number of hydrogen-bond acceptors (Lipinski definition) is 3. The van der Waals surface area contributed by atoms with Crippen molar-refractivity contribution in [2.24, 2.45) is 0 Å². The van der Waals surface area contributed by atoms with Gasteiger partial charge in [0.15, 0.2) is 0 Å². The van der Waals surface area contributed by atoms with Crippen molar-refractivity contribution in [3.63, 3.8) is 0 Å². The fourth-order valence-corrected chi connectivity index (χ4v) is 5.02. The van der Waals surface area contributed by atoms with Crippen LogP contribution in [0.15, 0.2) is 24.3 Å². The lowest BCUT2D eigenvalue weighted by atomic mass is 9.99. The number of benzene rings is 1. The number of sulfonamides is 1. The van der Waals surface area contributed by atoms with Crippen molar-refractivity contribution in [2.75, 3.05) is 19.6 Å². The molecule has 3 rings (SSSR count). The van der Waals surface area contributed by atoms with Gasteiger partial charge >= 0.3 is 0 Å². The summed E-state index contributed by atoms with van der Waals surface area (Å²) in [6.07, 6.45) is 3.38. The fourth-order valence-electron chi connectivity index (χ4n) is 3.14. The third-order valence-electron chi connectivity index (χ3n) is 4.91. The Labute approximate surface area is 138 Å². The van der Waals surface area contributed by atoms with E-state index in [1.807, 2.05) is 12.1 Å². The van der Waals surface area contributed by atoms with Gasteiger partial charge in [-0.15, -0.1) is 0 Å². The van der Waals surface area contributed by atoms with Gasteiger partial charge in [0.1, 0.15) is 5.82 Å². The number of rotatable bonds is 6. The van der Waals surface area contributed by atoms with E-state index < -0.39 is 10.0 Å². The summed E-state index contributed by atoms with van der Waals surface area (Å²) in [4.78, 5) is 0. The van der Waals surface area contributed by atoms with Gasteiger partial charge in [-0.25, -0.2) is 17.1 Å². The molecule has 0 aromatic heterocycles. The lowest BCUT2D eigenvalue weighted by Crippen LogP contribution is -2.46. The minimum absolute atomic E-state index is 0.106. The van der Waals surface area contributed by atoms with Crippen LogP contribution in [0.1, 0.15) is 44.1 Å². The quantitative estimate of drug-likeness (QED) is 0.865. The summed E-state index contributed by atoms with van der Waals surface area (Å²) in [5.74, 6) is 0.0991. The predicted molar refractivity (Wildman–Crippen MR) is 89.4 cm³/mol. The van der Waals surface area contributed by atoms with Gasteiger partial charge in [-0.3, -0.25) is 0 Å². The zero-order valence-electron chi connectivity index (χ0n) is 13.5. The molecule has 23 heavy (non-hydrogen) atoms. The summed E-state index contributed by atoms with van der Waals surface area (Å²) >= 11 is 0. The van der Waals surface area contributed by atoms with Gasteiger partial charge in [0, 0.05) is 25.7 Å². The Kier molecular flexibility index (Phi) is 5.04. The molecule has 1 saturated carbocycles. The normalized spacial score (nSPS) is 22.2. The Bertz CT molecular complexity index is 620. The molecule has 1 heterocycles. The van der Waals surface area contributed by atoms with Crippen molar-refractivity contribution in [3.8, 4) is 0 Å². The Hall–Kier alpha value is -0.980. The molecule has 2 fully saturated rings. The molecule has 1 atom stereocenters. The number of halogens is 1. The molecule has 6 heteroatoms. The first-order valence-corrected chi connectivity index (χ1v) is 9.95. The van der Waals surface area contributed by atoms with Gasteiger partial charge in [0.05, 0.1) is 5.25 Å². The maximum atomic E-state index is 13.0. The van der Waals surface area contributed by atoms with E-state index in [4.69, 9.17) is 0 Å². The van der Waals surface area contributed by atoms with E-state index in [1.165, 1.54) is 12.1 Å². The van der Waals surface area contributed by atoms with Crippen LogP contribution in [0.3, 0.4) is 0 Å². The van der Waals surface area contributed by atoms with Gasteiger partial charge in [-0.1, -0.05) is 19.1 Å². The van der Waals surface area contributed by atoms with Crippen molar-refractivity contribution in [2.45, 2.75) is 49.8 Å². The van der Waals surface area contributed by atoms with Crippen LogP contribution < -0.4 is 5.32 Å². The average molecular weight is 340 g/mol. The highest BCUT2D eigenvalue weighted by molar-refractivity contribution is 7.90. The maximum absolute atomic E-state index is 13.0. The first kappa shape index (κ1) is 16.9. The summed E-state index contributed by atoms with van der Waals surface area (Å²) in [6.45, 7) is 4.20. The van der Waals surface area contributed by atoms with Crippen molar-refractivity contribution < 1.29 is 12.8 Å². The molecule has 1 unspecified atom stereocenters. The van der Waals surface area contributed by atoms with E-state index in [0.717, 1.165) is 37.8 Å². The maximum Gasteiger partial charge on any atom is 0.216 e. The lowest BCUT2D eigenvalue weighted by molar-refractivity contribution is 0.287. The van der Waals surface area contributed by atoms with Gasteiger partial charge in [0.2, 0.25) is 10.0 Å². The van der Waals surface area contributed by atoms with E-state index in [-0.39, 0.29) is 11.1 Å². The number of nitrogens with one attached hydrogen (secondary N) is 1. The first-order chi connectivity index (χ1) is 11.0. The van der Waals surface area contributed by atoms with Crippen molar-refractivity contribution in [1.29, 1.82) is 0 Å². The number of piperidine rings is 1. The molecule has 1 aromatic rings. The molecule has 0 radical (unpaired) electrons. The van der Waals surface area contributed by atoms with E-state index in [0.29, 0.717) is 25.0 Å². The molecule has 0 bridgehead atoms. The first-order valence-electron chi connectivity index (χ1n) is 8.44.